The van der Waals surface area contributed by atoms with Crippen LogP contribution in [0.5, 0.6) is 0 Å². The average molecular weight is 356 g/mol. The van der Waals surface area contributed by atoms with Crippen molar-refractivity contribution in [1.82, 2.24) is 9.55 Å². The number of carbonyl (C=O) groups is 2. The molecule has 25 heavy (non-hydrogen) atoms. The normalized spacial score (nSPS) is 10.8. The summed E-state index contributed by atoms with van der Waals surface area (Å²) in [6.45, 7) is 3.41. The Bertz CT molecular complexity index is 1050. The Balaban J connectivity index is 1.90. The molecule has 2 heterocycles. The van der Waals surface area contributed by atoms with Crippen LogP contribution in [0.4, 0.5) is 5.69 Å². The highest BCUT2D eigenvalue weighted by molar-refractivity contribution is 7.20. The number of carbonyl (C=O) groups excluding carboxylic acids is 2. The standard InChI is InChI=1S/C17H16N4O3S/c1-9-4-3-5-11(6-9)20-12(22)7-21-8-19-16-13(17(21)24)10(2)14(25-16)15(18)23/h3-6,8H,7H2,1-2H3,(H2,18,23)(H,20,22). The topological polar surface area (TPSA) is 107 Å². The largest absolute Gasteiger partial charge is 0.365 e. The number of primary amides is 1. The Morgan fingerprint density at radius 2 is 2.08 bits per heavy atom. The van der Waals surface area contributed by atoms with E-state index in [0.717, 1.165) is 16.9 Å². The molecule has 0 aliphatic heterocycles. The van der Waals surface area contributed by atoms with Crippen LogP contribution in [0.1, 0.15) is 20.8 Å². The first kappa shape index (κ1) is 16.8. The molecule has 3 aromatic rings. The van der Waals surface area contributed by atoms with Crippen molar-refractivity contribution >= 4 is 39.1 Å². The molecule has 3 rings (SSSR count). The van der Waals surface area contributed by atoms with Gasteiger partial charge in [0.05, 0.1) is 16.6 Å². The molecule has 7 nitrogen and oxygen atoms in total. The first-order valence-corrected chi connectivity index (χ1v) is 8.33. The van der Waals surface area contributed by atoms with Crippen molar-refractivity contribution in [3.05, 3.63) is 57.0 Å². The number of nitrogens with two attached hydrogens (primary N) is 1. The van der Waals surface area contributed by atoms with Crippen LogP contribution in [0, 0.1) is 13.8 Å². The second-order valence-electron chi connectivity index (χ2n) is 5.70. The van der Waals surface area contributed by atoms with Crippen LogP contribution in [-0.2, 0) is 11.3 Å². The Hall–Kier alpha value is -3.00. The van der Waals surface area contributed by atoms with E-state index in [1.807, 2.05) is 25.1 Å². The fraction of sp³-hybridized carbons (Fsp3) is 0.176. The molecule has 0 saturated carbocycles. The Kier molecular flexibility index (Phi) is 4.37. The van der Waals surface area contributed by atoms with Gasteiger partial charge >= 0.3 is 0 Å². The third-order valence-corrected chi connectivity index (χ3v) is 4.97. The van der Waals surface area contributed by atoms with Gasteiger partial charge in [-0.05, 0) is 37.1 Å². The third kappa shape index (κ3) is 3.29. The summed E-state index contributed by atoms with van der Waals surface area (Å²) in [5.41, 5.74) is 7.13. The van der Waals surface area contributed by atoms with Gasteiger partial charge in [-0.15, -0.1) is 11.3 Å². The van der Waals surface area contributed by atoms with E-state index in [1.54, 1.807) is 13.0 Å². The molecule has 0 aliphatic rings. The number of rotatable bonds is 4. The lowest BCUT2D eigenvalue weighted by Crippen LogP contribution is -2.28. The number of hydrogen-bond donors (Lipinski definition) is 2. The van der Waals surface area contributed by atoms with E-state index in [0.29, 0.717) is 26.3 Å². The van der Waals surface area contributed by atoms with Crippen molar-refractivity contribution in [3.63, 3.8) is 0 Å². The van der Waals surface area contributed by atoms with Gasteiger partial charge in [0.15, 0.2) is 0 Å². The van der Waals surface area contributed by atoms with E-state index in [1.165, 1.54) is 10.9 Å². The van der Waals surface area contributed by atoms with Crippen LogP contribution >= 0.6 is 11.3 Å². The maximum absolute atomic E-state index is 12.6. The van der Waals surface area contributed by atoms with E-state index in [4.69, 9.17) is 5.73 Å². The van der Waals surface area contributed by atoms with Gasteiger partial charge in [0.25, 0.3) is 11.5 Å². The lowest BCUT2D eigenvalue weighted by molar-refractivity contribution is -0.116. The number of hydrogen-bond acceptors (Lipinski definition) is 5. The molecule has 0 bridgehead atoms. The molecule has 2 aromatic heterocycles. The van der Waals surface area contributed by atoms with Gasteiger partial charge in [0, 0.05) is 5.69 Å². The highest BCUT2D eigenvalue weighted by atomic mass is 32.1. The van der Waals surface area contributed by atoms with Gasteiger partial charge in [-0.1, -0.05) is 12.1 Å². The predicted molar refractivity (Wildman–Crippen MR) is 96.9 cm³/mol. The maximum Gasteiger partial charge on any atom is 0.262 e. The lowest BCUT2D eigenvalue weighted by atomic mass is 10.2. The van der Waals surface area contributed by atoms with Gasteiger partial charge in [-0.3, -0.25) is 19.0 Å². The molecule has 2 amide bonds. The highest BCUT2D eigenvalue weighted by Crippen LogP contribution is 2.26. The van der Waals surface area contributed by atoms with Crippen LogP contribution in [0.3, 0.4) is 0 Å². The minimum Gasteiger partial charge on any atom is -0.365 e. The monoisotopic (exact) mass is 356 g/mol. The average Bonchev–Trinajstić information content (AvgIpc) is 2.88. The van der Waals surface area contributed by atoms with E-state index in [-0.39, 0.29) is 18.0 Å². The Labute approximate surface area is 147 Å². The number of anilines is 1. The summed E-state index contributed by atoms with van der Waals surface area (Å²) < 4.78 is 1.22. The molecular formula is C17H16N4O3S. The number of nitrogens with one attached hydrogen (secondary N) is 1. The predicted octanol–water partition coefficient (Wildman–Crippen LogP) is 1.81. The number of aryl methyl sites for hydroxylation is 2. The summed E-state index contributed by atoms with van der Waals surface area (Å²) in [7, 11) is 0. The SMILES string of the molecule is Cc1cccc(NC(=O)Cn2cnc3sc(C(N)=O)c(C)c3c2=O)c1. The highest BCUT2D eigenvalue weighted by Gasteiger charge is 2.18. The fourth-order valence-corrected chi connectivity index (χ4v) is 3.58. The van der Waals surface area contributed by atoms with Gasteiger partial charge < -0.3 is 11.1 Å². The van der Waals surface area contributed by atoms with Crippen LogP contribution in [0.15, 0.2) is 35.4 Å². The molecule has 0 aliphatic carbocycles. The van der Waals surface area contributed by atoms with E-state index >= 15 is 0 Å². The zero-order valence-corrected chi connectivity index (χ0v) is 14.5. The second-order valence-corrected chi connectivity index (χ2v) is 6.69. The van der Waals surface area contributed by atoms with Gasteiger partial charge in [0.1, 0.15) is 11.4 Å². The third-order valence-electron chi connectivity index (χ3n) is 3.76. The smallest absolute Gasteiger partial charge is 0.262 e. The maximum atomic E-state index is 12.6. The number of thiophene rings is 1. The molecule has 0 spiro atoms. The van der Waals surface area contributed by atoms with Crippen LogP contribution < -0.4 is 16.6 Å². The second kappa shape index (κ2) is 6.48. The fourth-order valence-electron chi connectivity index (χ4n) is 2.58. The lowest BCUT2D eigenvalue weighted by Gasteiger charge is -2.08. The number of fused-ring (bicyclic) bond motifs is 1. The van der Waals surface area contributed by atoms with Gasteiger partial charge in [0.2, 0.25) is 5.91 Å². The zero-order chi connectivity index (χ0) is 18.1. The summed E-state index contributed by atoms with van der Waals surface area (Å²) >= 11 is 1.08. The minimum atomic E-state index is -0.594. The quantitative estimate of drug-likeness (QED) is 0.743. The summed E-state index contributed by atoms with van der Waals surface area (Å²) in [6.07, 6.45) is 1.31. The number of nitrogens with zero attached hydrogens (tertiary/aromatic N) is 2. The van der Waals surface area contributed by atoms with Crippen molar-refractivity contribution in [3.8, 4) is 0 Å². The van der Waals surface area contributed by atoms with Crippen LogP contribution in [-0.4, -0.2) is 21.4 Å². The first-order valence-electron chi connectivity index (χ1n) is 7.51. The number of aromatic nitrogens is 2. The number of amides is 2. The van der Waals surface area contributed by atoms with Gasteiger partial charge in [-0.2, -0.15) is 0 Å². The first-order chi connectivity index (χ1) is 11.9. The van der Waals surface area contributed by atoms with E-state index < -0.39 is 5.91 Å². The van der Waals surface area contributed by atoms with Crippen molar-refractivity contribution in [2.75, 3.05) is 5.32 Å². The molecule has 3 N–H and O–H groups in total. The molecule has 0 radical (unpaired) electrons. The summed E-state index contributed by atoms with van der Waals surface area (Å²) in [6, 6.07) is 7.38. The molecule has 0 unspecified atom stereocenters. The van der Waals surface area contributed by atoms with E-state index in [9.17, 15) is 14.4 Å². The molecule has 0 saturated heterocycles. The van der Waals surface area contributed by atoms with Crippen molar-refractivity contribution < 1.29 is 9.59 Å². The molecular weight excluding hydrogens is 340 g/mol. The van der Waals surface area contributed by atoms with Crippen LogP contribution in [0.25, 0.3) is 10.2 Å². The zero-order valence-electron chi connectivity index (χ0n) is 13.7. The van der Waals surface area contributed by atoms with E-state index in [2.05, 4.69) is 10.3 Å². The summed E-state index contributed by atoms with van der Waals surface area (Å²) in [4.78, 5) is 41.2. The number of benzene rings is 1. The van der Waals surface area contributed by atoms with Crippen molar-refractivity contribution in [2.45, 2.75) is 20.4 Å². The molecule has 0 atom stereocenters. The van der Waals surface area contributed by atoms with Crippen LogP contribution in [0.2, 0.25) is 0 Å². The molecule has 1 aromatic carbocycles. The Morgan fingerprint density at radius 3 is 2.76 bits per heavy atom. The van der Waals surface area contributed by atoms with Crippen molar-refractivity contribution in [1.29, 1.82) is 0 Å². The molecule has 8 heteroatoms. The Morgan fingerprint density at radius 1 is 1.32 bits per heavy atom. The minimum absolute atomic E-state index is 0.170. The molecule has 128 valence electrons. The van der Waals surface area contributed by atoms with Gasteiger partial charge in [-0.25, -0.2) is 4.98 Å². The summed E-state index contributed by atoms with van der Waals surface area (Å²) in [5, 5.41) is 3.07. The summed E-state index contributed by atoms with van der Waals surface area (Å²) in [5.74, 6) is -0.930. The van der Waals surface area contributed by atoms with Crippen molar-refractivity contribution in [2.24, 2.45) is 5.73 Å². The molecule has 0 fully saturated rings.